The SMILES string of the molecule is Cc1cc(C)n(Cc2cccc(C(=O)N3CCCN(CC4CC4)CC3)c2)n1. The predicted molar refractivity (Wildman–Crippen MR) is 107 cm³/mol. The highest BCUT2D eigenvalue weighted by molar-refractivity contribution is 5.94. The standard InChI is InChI=1S/C22H30N4O/c1-17-13-18(2)26(23-17)16-20-5-3-6-21(14-20)22(27)25-10-4-9-24(11-12-25)15-19-7-8-19/h3,5-6,13-14,19H,4,7-12,15-16H2,1-2H3. The molecule has 1 aromatic carbocycles. The number of carbonyl (C=O) groups is 1. The number of hydrogen-bond donors (Lipinski definition) is 0. The summed E-state index contributed by atoms with van der Waals surface area (Å²) in [4.78, 5) is 17.6. The molecule has 2 fully saturated rings. The maximum atomic E-state index is 13.1. The van der Waals surface area contributed by atoms with Crippen LogP contribution in [0.15, 0.2) is 30.3 Å². The average molecular weight is 367 g/mol. The van der Waals surface area contributed by atoms with Crippen LogP contribution in [-0.2, 0) is 6.54 Å². The van der Waals surface area contributed by atoms with E-state index in [9.17, 15) is 4.79 Å². The van der Waals surface area contributed by atoms with E-state index in [4.69, 9.17) is 0 Å². The van der Waals surface area contributed by atoms with E-state index >= 15 is 0 Å². The first-order valence-corrected chi connectivity index (χ1v) is 10.2. The Morgan fingerprint density at radius 2 is 1.96 bits per heavy atom. The van der Waals surface area contributed by atoms with Crippen LogP contribution in [0.5, 0.6) is 0 Å². The van der Waals surface area contributed by atoms with E-state index in [1.54, 1.807) is 0 Å². The van der Waals surface area contributed by atoms with Gasteiger partial charge in [0, 0.05) is 37.4 Å². The van der Waals surface area contributed by atoms with Crippen LogP contribution in [0.4, 0.5) is 0 Å². The lowest BCUT2D eigenvalue weighted by Crippen LogP contribution is -2.35. The number of benzene rings is 1. The average Bonchev–Trinajstić information content (AvgIpc) is 3.44. The van der Waals surface area contributed by atoms with Crippen molar-refractivity contribution in [3.63, 3.8) is 0 Å². The molecule has 0 bridgehead atoms. The first kappa shape index (κ1) is 18.2. The van der Waals surface area contributed by atoms with E-state index in [0.717, 1.165) is 61.0 Å². The summed E-state index contributed by atoms with van der Waals surface area (Å²) < 4.78 is 2.00. The minimum Gasteiger partial charge on any atom is -0.337 e. The number of carbonyl (C=O) groups excluding carboxylic acids is 1. The second-order valence-corrected chi connectivity index (χ2v) is 8.17. The van der Waals surface area contributed by atoms with Crippen LogP contribution < -0.4 is 0 Å². The van der Waals surface area contributed by atoms with E-state index < -0.39 is 0 Å². The Hall–Kier alpha value is -2.14. The van der Waals surface area contributed by atoms with Gasteiger partial charge in [-0.15, -0.1) is 0 Å². The van der Waals surface area contributed by atoms with Crippen molar-refractivity contribution in [2.45, 2.75) is 39.7 Å². The van der Waals surface area contributed by atoms with Crippen molar-refractivity contribution < 1.29 is 4.79 Å². The molecule has 27 heavy (non-hydrogen) atoms. The van der Waals surface area contributed by atoms with Crippen LogP contribution in [0.25, 0.3) is 0 Å². The molecule has 1 aromatic heterocycles. The number of rotatable bonds is 5. The molecule has 0 spiro atoms. The van der Waals surface area contributed by atoms with Crippen LogP contribution in [0, 0.1) is 19.8 Å². The van der Waals surface area contributed by atoms with Gasteiger partial charge in [0.25, 0.3) is 5.91 Å². The molecule has 1 amide bonds. The molecule has 0 N–H and O–H groups in total. The smallest absolute Gasteiger partial charge is 0.253 e. The fourth-order valence-electron chi connectivity index (χ4n) is 4.02. The van der Waals surface area contributed by atoms with Crippen molar-refractivity contribution >= 4 is 5.91 Å². The van der Waals surface area contributed by atoms with E-state index in [1.165, 1.54) is 19.4 Å². The van der Waals surface area contributed by atoms with Crippen LogP contribution in [0.1, 0.15) is 46.6 Å². The topological polar surface area (TPSA) is 41.4 Å². The summed E-state index contributed by atoms with van der Waals surface area (Å²) in [7, 11) is 0. The van der Waals surface area contributed by atoms with Crippen molar-refractivity contribution in [2.24, 2.45) is 5.92 Å². The minimum absolute atomic E-state index is 0.165. The highest BCUT2D eigenvalue weighted by Crippen LogP contribution is 2.30. The van der Waals surface area contributed by atoms with Crippen molar-refractivity contribution in [3.05, 3.63) is 52.8 Å². The van der Waals surface area contributed by atoms with Crippen molar-refractivity contribution in [1.29, 1.82) is 0 Å². The Bertz CT molecular complexity index is 808. The molecule has 144 valence electrons. The summed E-state index contributed by atoms with van der Waals surface area (Å²) in [6.07, 6.45) is 3.85. The van der Waals surface area contributed by atoms with Gasteiger partial charge in [0.15, 0.2) is 0 Å². The Morgan fingerprint density at radius 3 is 2.70 bits per heavy atom. The zero-order valence-electron chi connectivity index (χ0n) is 16.5. The molecule has 0 unspecified atom stereocenters. The number of nitrogens with zero attached hydrogens (tertiary/aromatic N) is 4. The first-order valence-electron chi connectivity index (χ1n) is 10.2. The lowest BCUT2D eigenvalue weighted by molar-refractivity contribution is 0.0761. The number of aryl methyl sites for hydroxylation is 2. The molecule has 5 nitrogen and oxygen atoms in total. The maximum Gasteiger partial charge on any atom is 0.253 e. The van der Waals surface area contributed by atoms with Crippen LogP contribution in [0.3, 0.4) is 0 Å². The van der Waals surface area contributed by atoms with Gasteiger partial charge in [-0.1, -0.05) is 12.1 Å². The zero-order valence-corrected chi connectivity index (χ0v) is 16.5. The molecule has 2 heterocycles. The minimum atomic E-state index is 0.165. The van der Waals surface area contributed by atoms with E-state index in [0.29, 0.717) is 6.54 Å². The van der Waals surface area contributed by atoms with Gasteiger partial charge < -0.3 is 9.80 Å². The quantitative estimate of drug-likeness (QED) is 0.816. The lowest BCUT2D eigenvalue weighted by atomic mass is 10.1. The number of aromatic nitrogens is 2. The third-order valence-corrected chi connectivity index (χ3v) is 5.70. The first-order chi connectivity index (χ1) is 13.1. The van der Waals surface area contributed by atoms with Gasteiger partial charge in [-0.05, 0) is 69.3 Å². The molecule has 1 aliphatic carbocycles. The molecule has 1 saturated heterocycles. The summed E-state index contributed by atoms with van der Waals surface area (Å²) in [6.45, 7) is 9.84. The molecule has 0 atom stereocenters. The highest BCUT2D eigenvalue weighted by atomic mass is 16.2. The van der Waals surface area contributed by atoms with Crippen molar-refractivity contribution in [1.82, 2.24) is 19.6 Å². The Morgan fingerprint density at radius 1 is 1.11 bits per heavy atom. The molecule has 2 aliphatic rings. The Labute approximate surface area is 162 Å². The predicted octanol–water partition coefficient (Wildman–Crippen LogP) is 3.11. The third kappa shape index (κ3) is 4.59. The molecule has 1 aliphatic heterocycles. The summed E-state index contributed by atoms with van der Waals surface area (Å²) in [5, 5.41) is 4.54. The van der Waals surface area contributed by atoms with E-state index in [1.807, 2.05) is 34.7 Å². The van der Waals surface area contributed by atoms with E-state index in [-0.39, 0.29) is 5.91 Å². The molecule has 0 radical (unpaired) electrons. The van der Waals surface area contributed by atoms with Gasteiger partial charge in [0.2, 0.25) is 0 Å². The summed E-state index contributed by atoms with van der Waals surface area (Å²) in [6, 6.07) is 10.1. The number of hydrogen-bond acceptors (Lipinski definition) is 3. The second-order valence-electron chi connectivity index (χ2n) is 8.17. The second kappa shape index (κ2) is 7.85. The molecule has 5 heteroatoms. The van der Waals surface area contributed by atoms with Gasteiger partial charge in [0.05, 0.1) is 12.2 Å². The normalized spacial score (nSPS) is 18.5. The van der Waals surface area contributed by atoms with Gasteiger partial charge in [0.1, 0.15) is 0 Å². The van der Waals surface area contributed by atoms with E-state index in [2.05, 4.69) is 29.1 Å². The third-order valence-electron chi connectivity index (χ3n) is 5.70. The van der Waals surface area contributed by atoms with Crippen molar-refractivity contribution in [3.8, 4) is 0 Å². The molecule has 1 saturated carbocycles. The van der Waals surface area contributed by atoms with Gasteiger partial charge in [-0.3, -0.25) is 9.48 Å². The maximum absolute atomic E-state index is 13.1. The van der Waals surface area contributed by atoms with Gasteiger partial charge >= 0.3 is 0 Å². The molecular formula is C22H30N4O. The molecule has 2 aromatic rings. The summed E-state index contributed by atoms with van der Waals surface area (Å²) in [5.41, 5.74) is 4.09. The molecular weight excluding hydrogens is 336 g/mol. The van der Waals surface area contributed by atoms with Crippen LogP contribution in [-0.4, -0.2) is 58.2 Å². The van der Waals surface area contributed by atoms with Crippen molar-refractivity contribution in [2.75, 3.05) is 32.7 Å². The molecule has 4 rings (SSSR count). The zero-order chi connectivity index (χ0) is 18.8. The highest BCUT2D eigenvalue weighted by Gasteiger charge is 2.26. The summed E-state index contributed by atoms with van der Waals surface area (Å²) in [5.74, 6) is 1.08. The lowest BCUT2D eigenvalue weighted by Gasteiger charge is -2.22. The van der Waals surface area contributed by atoms with Gasteiger partial charge in [-0.2, -0.15) is 5.10 Å². The number of amides is 1. The van der Waals surface area contributed by atoms with Crippen LogP contribution in [0.2, 0.25) is 0 Å². The Kier molecular flexibility index (Phi) is 5.30. The fourth-order valence-corrected chi connectivity index (χ4v) is 4.02. The Balaban J connectivity index is 1.41. The van der Waals surface area contributed by atoms with Gasteiger partial charge in [-0.25, -0.2) is 0 Å². The fraction of sp³-hybridized carbons (Fsp3) is 0.545. The largest absolute Gasteiger partial charge is 0.337 e. The van der Waals surface area contributed by atoms with Crippen LogP contribution >= 0.6 is 0 Å². The summed E-state index contributed by atoms with van der Waals surface area (Å²) >= 11 is 0. The monoisotopic (exact) mass is 366 g/mol.